The second-order valence-electron chi connectivity index (χ2n) is 5.12. The molecule has 1 fully saturated rings. The predicted molar refractivity (Wildman–Crippen MR) is 76.4 cm³/mol. The summed E-state index contributed by atoms with van der Waals surface area (Å²) in [4.78, 5) is 22.6. The van der Waals surface area contributed by atoms with E-state index in [4.69, 9.17) is 0 Å². The number of pyridine rings is 2. The fraction of sp³-hybridized carbons (Fsp3) is 0.312. The van der Waals surface area contributed by atoms with E-state index in [1.54, 1.807) is 24.7 Å². The molecular formula is C16H17N3O. The number of aromatic nitrogens is 2. The highest BCUT2D eigenvalue weighted by atomic mass is 16.2. The van der Waals surface area contributed by atoms with Gasteiger partial charge in [-0.05, 0) is 36.6 Å². The molecule has 3 rings (SSSR count). The first-order valence-corrected chi connectivity index (χ1v) is 6.94. The Bertz CT molecular complexity index is 571. The number of nitrogens with zero attached hydrogens (tertiary/aromatic N) is 3. The molecule has 0 spiro atoms. The lowest BCUT2D eigenvalue weighted by Crippen LogP contribution is -2.39. The van der Waals surface area contributed by atoms with Gasteiger partial charge in [-0.2, -0.15) is 0 Å². The Labute approximate surface area is 118 Å². The van der Waals surface area contributed by atoms with Crippen molar-refractivity contribution in [2.45, 2.75) is 18.8 Å². The zero-order chi connectivity index (χ0) is 13.8. The maximum Gasteiger partial charge on any atom is 0.255 e. The quantitative estimate of drug-likeness (QED) is 0.840. The van der Waals surface area contributed by atoms with Gasteiger partial charge in [0.2, 0.25) is 0 Å². The third-order valence-electron chi connectivity index (χ3n) is 3.77. The van der Waals surface area contributed by atoms with Gasteiger partial charge in [-0.25, -0.2) is 0 Å². The molecule has 1 atom stereocenters. The van der Waals surface area contributed by atoms with Crippen LogP contribution in [0.1, 0.15) is 34.7 Å². The van der Waals surface area contributed by atoms with E-state index in [-0.39, 0.29) is 5.91 Å². The number of likely N-dealkylation sites (tertiary alicyclic amines) is 1. The van der Waals surface area contributed by atoms with Gasteiger partial charge in [-0.3, -0.25) is 14.8 Å². The average molecular weight is 267 g/mol. The summed E-state index contributed by atoms with van der Waals surface area (Å²) < 4.78 is 0. The number of piperidine rings is 1. The molecule has 0 N–H and O–H groups in total. The van der Waals surface area contributed by atoms with Gasteiger partial charge in [0.25, 0.3) is 5.91 Å². The lowest BCUT2D eigenvalue weighted by atomic mass is 9.91. The SMILES string of the molecule is O=C(c1cccnc1)N1CCCC(c2cccnc2)C1. The van der Waals surface area contributed by atoms with Crippen molar-refractivity contribution in [2.24, 2.45) is 0 Å². The van der Waals surface area contributed by atoms with Crippen molar-refractivity contribution in [1.82, 2.24) is 14.9 Å². The largest absolute Gasteiger partial charge is 0.338 e. The summed E-state index contributed by atoms with van der Waals surface area (Å²) in [5.74, 6) is 0.463. The summed E-state index contributed by atoms with van der Waals surface area (Å²) in [6, 6.07) is 7.67. The molecule has 0 aromatic carbocycles. The smallest absolute Gasteiger partial charge is 0.255 e. The van der Waals surface area contributed by atoms with E-state index in [0.717, 1.165) is 25.9 Å². The molecule has 102 valence electrons. The minimum absolute atomic E-state index is 0.0756. The van der Waals surface area contributed by atoms with Crippen molar-refractivity contribution in [3.05, 3.63) is 60.2 Å². The Morgan fingerprint density at radius 1 is 1.15 bits per heavy atom. The zero-order valence-electron chi connectivity index (χ0n) is 11.3. The molecule has 2 aromatic rings. The molecule has 3 heterocycles. The number of amides is 1. The molecule has 0 saturated carbocycles. The standard InChI is InChI=1S/C16H17N3O/c20-16(14-5-2-8-18-11-14)19-9-3-6-15(12-19)13-4-1-7-17-10-13/h1-2,4-5,7-8,10-11,15H,3,6,9,12H2. The lowest BCUT2D eigenvalue weighted by Gasteiger charge is -2.32. The fourth-order valence-corrected chi connectivity index (χ4v) is 2.72. The Balaban J connectivity index is 1.74. The first-order chi connectivity index (χ1) is 9.84. The molecule has 20 heavy (non-hydrogen) atoms. The predicted octanol–water partition coefficient (Wildman–Crippen LogP) is 2.50. The molecule has 4 nitrogen and oxygen atoms in total. The fourth-order valence-electron chi connectivity index (χ4n) is 2.72. The number of rotatable bonds is 2. The summed E-state index contributed by atoms with van der Waals surface area (Å²) in [5, 5.41) is 0. The van der Waals surface area contributed by atoms with Gasteiger partial charge in [-0.1, -0.05) is 6.07 Å². The lowest BCUT2D eigenvalue weighted by molar-refractivity contribution is 0.0706. The van der Waals surface area contributed by atoms with Crippen LogP contribution in [-0.2, 0) is 0 Å². The van der Waals surface area contributed by atoms with E-state index in [1.165, 1.54) is 5.56 Å². The van der Waals surface area contributed by atoms with Gasteiger partial charge in [0.1, 0.15) is 0 Å². The summed E-state index contributed by atoms with van der Waals surface area (Å²) in [7, 11) is 0. The van der Waals surface area contributed by atoms with Crippen molar-refractivity contribution in [3.8, 4) is 0 Å². The van der Waals surface area contributed by atoms with Crippen LogP contribution in [0.4, 0.5) is 0 Å². The zero-order valence-corrected chi connectivity index (χ0v) is 11.3. The topological polar surface area (TPSA) is 46.1 Å². The van der Waals surface area contributed by atoms with E-state index in [2.05, 4.69) is 16.0 Å². The van der Waals surface area contributed by atoms with Crippen LogP contribution >= 0.6 is 0 Å². The van der Waals surface area contributed by atoms with E-state index >= 15 is 0 Å². The van der Waals surface area contributed by atoms with Crippen molar-refractivity contribution in [3.63, 3.8) is 0 Å². The summed E-state index contributed by atoms with van der Waals surface area (Å²) in [6.07, 6.45) is 9.16. The summed E-state index contributed by atoms with van der Waals surface area (Å²) in [6.45, 7) is 1.59. The highest BCUT2D eigenvalue weighted by Crippen LogP contribution is 2.26. The van der Waals surface area contributed by atoms with Crippen molar-refractivity contribution in [1.29, 1.82) is 0 Å². The molecule has 1 amide bonds. The number of carbonyl (C=O) groups is 1. The van der Waals surface area contributed by atoms with Crippen LogP contribution in [0.25, 0.3) is 0 Å². The molecule has 1 unspecified atom stereocenters. The van der Waals surface area contributed by atoms with E-state index in [0.29, 0.717) is 11.5 Å². The third-order valence-corrected chi connectivity index (χ3v) is 3.77. The third kappa shape index (κ3) is 2.69. The molecule has 1 aliphatic rings. The average Bonchev–Trinajstić information content (AvgIpc) is 2.56. The van der Waals surface area contributed by atoms with Crippen molar-refractivity contribution in [2.75, 3.05) is 13.1 Å². The first-order valence-electron chi connectivity index (χ1n) is 6.94. The minimum atomic E-state index is 0.0756. The molecule has 0 bridgehead atoms. The Hall–Kier alpha value is -2.23. The van der Waals surface area contributed by atoms with Crippen LogP contribution in [0, 0.1) is 0 Å². The normalized spacial score (nSPS) is 18.8. The van der Waals surface area contributed by atoms with Gasteiger partial charge in [-0.15, -0.1) is 0 Å². The molecule has 1 aliphatic heterocycles. The van der Waals surface area contributed by atoms with Gasteiger partial charge >= 0.3 is 0 Å². The van der Waals surface area contributed by atoms with Crippen molar-refractivity contribution < 1.29 is 4.79 Å². The molecule has 0 aliphatic carbocycles. The number of hydrogen-bond acceptors (Lipinski definition) is 3. The molecular weight excluding hydrogens is 250 g/mol. The maximum atomic E-state index is 12.4. The molecule has 0 radical (unpaired) electrons. The number of carbonyl (C=O) groups excluding carboxylic acids is 1. The van der Waals surface area contributed by atoms with Crippen LogP contribution in [-0.4, -0.2) is 33.9 Å². The Kier molecular flexibility index (Phi) is 3.72. The van der Waals surface area contributed by atoms with Crippen LogP contribution in [0.3, 0.4) is 0 Å². The van der Waals surface area contributed by atoms with Crippen LogP contribution in [0.2, 0.25) is 0 Å². The van der Waals surface area contributed by atoms with Crippen LogP contribution < -0.4 is 0 Å². The van der Waals surface area contributed by atoms with E-state index in [1.807, 2.05) is 23.2 Å². The highest BCUT2D eigenvalue weighted by molar-refractivity contribution is 5.94. The monoisotopic (exact) mass is 267 g/mol. The maximum absolute atomic E-state index is 12.4. The van der Waals surface area contributed by atoms with Crippen molar-refractivity contribution >= 4 is 5.91 Å². The van der Waals surface area contributed by atoms with Gasteiger partial charge in [0.15, 0.2) is 0 Å². The van der Waals surface area contributed by atoms with E-state index in [9.17, 15) is 4.79 Å². The summed E-state index contributed by atoms with van der Waals surface area (Å²) in [5.41, 5.74) is 1.88. The highest BCUT2D eigenvalue weighted by Gasteiger charge is 2.25. The van der Waals surface area contributed by atoms with Crippen LogP contribution in [0.15, 0.2) is 49.1 Å². The second-order valence-corrected chi connectivity index (χ2v) is 5.12. The Morgan fingerprint density at radius 2 is 1.95 bits per heavy atom. The van der Waals surface area contributed by atoms with Gasteiger partial charge < -0.3 is 4.90 Å². The first kappa shape index (κ1) is 12.8. The van der Waals surface area contributed by atoms with Gasteiger partial charge in [0.05, 0.1) is 5.56 Å². The van der Waals surface area contributed by atoms with E-state index < -0.39 is 0 Å². The van der Waals surface area contributed by atoms with Gasteiger partial charge in [0, 0.05) is 43.8 Å². The van der Waals surface area contributed by atoms with Crippen LogP contribution in [0.5, 0.6) is 0 Å². The number of hydrogen-bond donors (Lipinski definition) is 0. The molecule has 4 heteroatoms. The second kappa shape index (κ2) is 5.82. The Morgan fingerprint density at radius 3 is 2.65 bits per heavy atom. The minimum Gasteiger partial charge on any atom is -0.338 e. The molecule has 1 saturated heterocycles. The molecule has 2 aromatic heterocycles. The summed E-state index contributed by atoms with van der Waals surface area (Å²) >= 11 is 0.